The monoisotopic (exact) mass is 456 g/mol. The summed E-state index contributed by atoms with van der Waals surface area (Å²) < 4.78 is 12.7. The molecule has 0 bridgehead atoms. The minimum absolute atomic E-state index is 0.109. The van der Waals surface area contributed by atoms with E-state index in [4.69, 9.17) is 9.47 Å². The van der Waals surface area contributed by atoms with Crippen LogP contribution in [-0.2, 0) is 4.79 Å². The van der Waals surface area contributed by atoms with Crippen molar-refractivity contribution in [3.63, 3.8) is 0 Å². The lowest BCUT2D eigenvalue weighted by atomic mass is 9.85. The molecule has 2 aromatic carbocycles. The Bertz CT molecular complexity index is 1370. The molecule has 1 N–H and O–H groups in total. The maximum absolute atomic E-state index is 12.8. The Hall–Kier alpha value is -4.27. The molecule has 0 unspecified atom stereocenters. The Balaban J connectivity index is 1.61. The molecule has 1 aliphatic rings. The summed E-state index contributed by atoms with van der Waals surface area (Å²) in [6.45, 7) is 4.40. The Morgan fingerprint density at radius 1 is 1.18 bits per heavy atom. The summed E-state index contributed by atoms with van der Waals surface area (Å²) in [6, 6.07) is 15.3. The number of ether oxygens (including phenoxy) is 2. The van der Waals surface area contributed by atoms with Gasteiger partial charge in [-0.25, -0.2) is 4.98 Å². The predicted molar refractivity (Wildman–Crippen MR) is 126 cm³/mol. The van der Waals surface area contributed by atoms with Crippen LogP contribution in [0.1, 0.15) is 36.1 Å². The van der Waals surface area contributed by atoms with Crippen molar-refractivity contribution in [1.29, 1.82) is 0 Å². The molecule has 1 amide bonds. The highest BCUT2D eigenvalue weighted by Crippen LogP contribution is 2.42. The van der Waals surface area contributed by atoms with Gasteiger partial charge in [0.05, 0.1) is 31.3 Å². The zero-order valence-corrected chi connectivity index (χ0v) is 19.1. The quantitative estimate of drug-likeness (QED) is 0.469. The molecule has 4 aromatic rings. The van der Waals surface area contributed by atoms with Gasteiger partial charge in [-0.3, -0.25) is 4.79 Å². The SMILES string of the molecule is CCOc1ccccc1[C@H]1CC(=O)Nc2c1c(C)nn2-c1nncc(-c2cccc(OC)c2)n1. The van der Waals surface area contributed by atoms with Crippen LogP contribution in [0.15, 0.2) is 54.7 Å². The predicted octanol–water partition coefficient (Wildman–Crippen LogP) is 3.91. The number of nitrogens with one attached hydrogen (secondary N) is 1. The van der Waals surface area contributed by atoms with E-state index in [0.717, 1.165) is 28.1 Å². The number of para-hydroxylation sites is 1. The highest BCUT2D eigenvalue weighted by molar-refractivity contribution is 5.95. The van der Waals surface area contributed by atoms with Gasteiger partial charge in [0.15, 0.2) is 0 Å². The molecule has 5 rings (SSSR count). The molecule has 34 heavy (non-hydrogen) atoms. The number of benzene rings is 2. The molecular formula is C25H24N6O3. The van der Waals surface area contributed by atoms with Gasteiger partial charge in [-0.1, -0.05) is 30.3 Å². The molecule has 0 saturated carbocycles. The Morgan fingerprint density at radius 2 is 2.03 bits per heavy atom. The van der Waals surface area contributed by atoms with E-state index in [1.165, 1.54) is 0 Å². The lowest BCUT2D eigenvalue weighted by Crippen LogP contribution is -2.25. The average Bonchev–Trinajstić information content (AvgIpc) is 3.20. The molecule has 1 atom stereocenters. The molecule has 1 aliphatic heterocycles. The molecule has 9 heteroatoms. The van der Waals surface area contributed by atoms with Gasteiger partial charge in [-0.2, -0.15) is 14.9 Å². The van der Waals surface area contributed by atoms with Crippen molar-refractivity contribution >= 4 is 11.7 Å². The van der Waals surface area contributed by atoms with Gasteiger partial charge >= 0.3 is 0 Å². The first kappa shape index (κ1) is 21.6. The summed E-state index contributed by atoms with van der Waals surface area (Å²) in [4.78, 5) is 17.4. The van der Waals surface area contributed by atoms with Crippen LogP contribution < -0.4 is 14.8 Å². The minimum Gasteiger partial charge on any atom is -0.497 e. The van der Waals surface area contributed by atoms with Crippen molar-refractivity contribution in [2.75, 3.05) is 19.0 Å². The third-order valence-corrected chi connectivity index (χ3v) is 5.80. The number of rotatable bonds is 6. The number of carbonyl (C=O) groups is 1. The Kier molecular flexibility index (Phi) is 5.67. The number of amides is 1. The maximum Gasteiger partial charge on any atom is 0.272 e. The van der Waals surface area contributed by atoms with E-state index in [1.807, 2.05) is 62.4 Å². The van der Waals surface area contributed by atoms with Crippen molar-refractivity contribution in [3.8, 4) is 28.7 Å². The Labute approximate surface area is 196 Å². The van der Waals surface area contributed by atoms with Gasteiger partial charge in [-0.05, 0) is 32.0 Å². The van der Waals surface area contributed by atoms with Crippen molar-refractivity contribution < 1.29 is 14.3 Å². The second-order valence-electron chi connectivity index (χ2n) is 7.91. The number of methoxy groups -OCH3 is 1. The van der Waals surface area contributed by atoms with Crippen LogP contribution >= 0.6 is 0 Å². The standard InChI is InChI=1S/C25H24N6O3/c1-4-34-21-11-6-5-10-18(21)19-13-22(32)28-24-23(19)15(2)30-31(24)25-27-20(14-26-29-25)16-8-7-9-17(12-16)33-3/h5-12,14,19H,4,13H2,1-3H3,(H,28,32)/t19-/m1/s1. The number of carbonyl (C=O) groups excluding carboxylic acids is 1. The summed E-state index contributed by atoms with van der Waals surface area (Å²) in [5.74, 6) is 1.99. The third-order valence-electron chi connectivity index (χ3n) is 5.80. The lowest BCUT2D eigenvalue weighted by molar-refractivity contribution is -0.116. The van der Waals surface area contributed by atoms with Crippen LogP contribution in [0, 0.1) is 6.92 Å². The molecule has 0 radical (unpaired) electrons. The van der Waals surface area contributed by atoms with Crippen LogP contribution in [0.4, 0.5) is 5.82 Å². The summed E-state index contributed by atoms with van der Waals surface area (Å²) in [5, 5.41) is 16.0. The maximum atomic E-state index is 12.8. The number of anilines is 1. The fraction of sp³-hybridized carbons (Fsp3) is 0.240. The van der Waals surface area contributed by atoms with Crippen molar-refractivity contribution in [2.45, 2.75) is 26.2 Å². The van der Waals surface area contributed by atoms with E-state index in [0.29, 0.717) is 30.3 Å². The first-order chi connectivity index (χ1) is 16.6. The summed E-state index contributed by atoms with van der Waals surface area (Å²) in [5.41, 5.74) is 4.10. The molecule has 0 spiro atoms. The number of aromatic nitrogens is 5. The number of nitrogens with zero attached hydrogens (tertiary/aromatic N) is 5. The van der Waals surface area contributed by atoms with Gasteiger partial charge in [0.25, 0.3) is 5.95 Å². The third kappa shape index (κ3) is 3.85. The van der Waals surface area contributed by atoms with E-state index in [9.17, 15) is 4.79 Å². The van der Waals surface area contributed by atoms with E-state index in [1.54, 1.807) is 18.0 Å². The van der Waals surface area contributed by atoms with Crippen LogP contribution in [0.2, 0.25) is 0 Å². The fourth-order valence-electron chi connectivity index (χ4n) is 4.32. The van der Waals surface area contributed by atoms with Crippen LogP contribution in [0.5, 0.6) is 11.5 Å². The van der Waals surface area contributed by atoms with Crippen LogP contribution in [0.25, 0.3) is 17.2 Å². The second-order valence-corrected chi connectivity index (χ2v) is 7.91. The van der Waals surface area contributed by atoms with Crippen molar-refractivity contribution in [1.82, 2.24) is 25.0 Å². The van der Waals surface area contributed by atoms with Crippen molar-refractivity contribution in [2.24, 2.45) is 0 Å². The van der Waals surface area contributed by atoms with E-state index >= 15 is 0 Å². The second kappa shape index (κ2) is 8.93. The van der Waals surface area contributed by atoms with Gasteiger partial charge in [0, 0.05) is 29.0 Å². The molecule has 9 nitrogen and oxygen atoms in total. The summed E-state index contributed by atoms with van der Waals surface area (Å²) >= 11 is 0. The molecule has 3 heterocycles. The Morgan fingerprint density at radius 3 is 2.85 bits per heavy atom. The molecule has 0 aliphatic carbocycles. The summed E-state index contributed by atoms with van der Waals surface area (Å²) in [6.07, 6.45) is 1.88. The largest absolute Gasteiger partial charge is 0.497 e. The molecule has 2 aromatic heterocycles. The average molecular weight is 457 g/mol. The van der Waals surface area contributed by atoms with Crippen molar-refractivity contribution in [3.05, 3.63) is 71.5 Å². The molecule has 0 fully saturated rings. The zero-order chi connectivity index (χ0) is 23.7. The van der Waals surface area contributed by atoms with Crippen LogP contribution in [0.3, 0.4) is 0 Å². The minimum atomic E-state index is -0.199. The van der Waals surface area contributed by atoms with Gasteiger partial charge in [0.2, 0.25) is 5.91 Å². The molecule has 0 saturated heterocycles. The van der Waals surface area contributed by atoms with Crippen LogP contribution in [-0.4, -0.2) is 44.6 Å². The lowest BCUT2D eigenvalue weighted by Gasteiger charge is -2.25. The zero-order valence-electron chi connectivity index (χ0n) is 19.1. The smallest absolute Gasteiger partial charge is 0.272 e. The highest BCUT2D eigenvalue weighted by Gasteiger charge is 2.34. The number of hydrogen-bond acceptors (Lipinski definition) is 7. The van der Waals surface area contributed by atoms with E-state index in [-0.39, 0.29) is 17.8 Å². The van der Waals surface area contributed by atoms with Gasteiger partial charge in [0.1, 0.15) is 17.3 Å². The van der Waals surface area contributed by atoms with Gasteiger partial charge in [-0.15, -0.1) is 5.10 Å². The summed E-state index contributed by atoms with van der Waals surface area (Å²) in [7, 11) is 1.62. The first-order valence-corrected chi connectivity index (χ1v) is 11.0. The highest BCUT2D eigenvalue weighted by atomic mass is 16.5. The number of hydrogen-bond donors (Lipinski definition) is 1. The normalized spacial score (nSPS) is 14.9. The van der Waals surface area contributed by atoms with E-state index < -0.39 is 0 Å². The fourth-order valence-corrected chi connectivity index (χ4v) is 4.32. The molecule has 172 valence electrons. The first-order valence-electron chi connectivity index (χ1n) is 11.0. The van der Waals surface area contributed by atoms with Gasteiger partial charge < -0.3 is 14.8 Å². The molecular weight excluding hydrogens is 432 g/mol. The topological polar surface area (TPSA) is 104 Å². The number of fused-ring (bicyclic) bond motifs is 1. The number of aryl methyl sites for hydroxylation is 1. The van der Waals surface area contributed by atoms with E-state index in [2.05, 4.69) is 25.6 Å².